The molecule has 1 fully saturated rings. The van der Waals surface area contributed by atoms with Gasteiger partial charge in [0.15, 0.2) is 0 Å². The monoisotopic (exact) mass is 142 g/mol. The first-order valence-corrected chi connectivity index (χ1v) is 3.76. The van der Waals surface area contributed by atoms with E-state index in [1.807, 2.05) is 11.8 Å². The fourth-order valence-electron chi connectivity index (χ4n) is 1.13. The molecule has 0 spiro atoms. The predicted molar refractivity (Wildman–Crippen MR) is 39.8 cm³/mol. The second-order valence-corrected chi connectivity index (χ2v) is 2.85. The van der Waals surface area contributed by atoms with Gasteiger partial charge in [0.2, 0.25) is 0 Å². The van der Waals surface area contributed by atoms with Crippen LogP contribution in [-0.2, 0) is 0 Å². The second-order valence-electron chi connectivity index (χ2n) is 2.85. The third kappa shape index (κ3) is 1.40. The van der Waals surface area contributed by atoms with E-state index >= 15 is 0 Å². The topological polar surface area (TPSA) is 32.3 Å². The van der Waals surface area contributed by atoms with Crippen LogP contribution in [0.25, 0.3) is 0 Å². The molecule has 0 bridgehead atoms. The van der Waals surface area contributed by atoms with E-state index < -0.39 is 0 Å². The molecule has 3 heteroatoms. The minimum Gasteiger partial charge on any atom is -0.338 e. The summed E-state index contributed by atoms with van der Waals surface area (Å²) in [5.74, 6) is 0.697. The van der Waals surface area contributed by atoms with Crippen molar-refractivity contribution in [2.75, 3.05) is 19.6 Å². The van der Waals surface area contributed by atoms with Gasteiger partial charge in [-0.15, -0.1) is 0 Å². The second kappa shape index (κ2) is 2.90. The average molecular weight is 142 g/mol. The summed E-state index contributed by atoms with van der Waals surface area (Å²) in [6.45, 7) is 6.65. The summed E-state index contributed by atoms with van der Waals surface area (Å²) in [6, 6.07) is 0.0839. The molecule has 0 aliphatic carbocycles. The molecular formula is C7H14N2O. The fraction of sp³-hybridized carbons (Fsp3) is 0.857. The van der Waals surface area contributed by atoms with E-state index in [2.05, 4.69) is 12.2 Å². The lowest BCUT2D eigenvalue weighted by Crippen LogP contribution is -2.52. The summed E-state index contributed by atoms with van der Waals surface area (Å²) in [4.78, 5) is 12.8. The Kier molecular flexibility index (Phi) is 2.14. The van der Waals surface area contributed by atoms with Gasteiger partial charge in [0, 0.05) is 19.6 Å². The van der Waals surface area contributed by atoms with E-state index in [0.29, 0.717) is 5.92 Å². The highest BCUT2D eigenvalue weighted by Gasteiger charge is 2.26. The molecule has 1 aliphatic heterocycles. The van der Waals surface area contributed by atoms with E-state index in [-0.39, 0.29) is 6.03 Å². The fourth-order valence-corrected chi connectivity index (χ4v) is 1.13. The summed E-state index contributed by atoms with van der Waals surface area (Å²) in [6.07, 6.45) is 0. The van der Waals surface area contributed by atoms with Crippen molar-refractivity contribution in [2.45, 2.75) is 13.8 Å². The average Bonchev–Trinajstić information content (AvgIpc) is 1.82. The third-order valence-corrected chi connectivity index (χ3v) is 1.68. The van der Waals surface area contributed by atoms with Crippen molar-refractivity contribution in [1.29, 1.82) is 0 Å². The maximum atomic E-state index is 11.0. The standard InChI is InChI=1S/C7H14N2O/c1-3-8-7(10)9-4-6(2)5-9/h6H,3-5H2,1-2H3,(H,8,10). The quantitative estimate of drug-likeness (QED) is 0.573. The van der Waals surface area contributed by atoms with Gasteiger partial charge in [-0.3, -0.25) is 0 Å². The zero-order chi connectivity index (χ0) is 7.56. The molecule has 0 saturated carbocycles. The Bertz CT molecular complexity index is 130. The molecule has 0 atom stereocenters. The van der Waals surface area contributed by atoms with Crippen molar-refractivity contribution in [3.8, 4) is 0 Å². The number of carbonyl (C=O) groups excluding carboxylic acids is 1. The summed E-state index contributed by atoms with van der Waals surface area (Å²) < 4.78 is 0. The third-order valence-electron chi connectivity index (χ3n) is 1.68. The normalized spacial score (nSPS) is 18.4. The van der Waals surface area contributed by atoms with Gasteiger partial charge in [-0.05, 0) is 12.8 Å². The largest absolute Gasteiger partial charge is 0.338 e. The number of nitrogens with one attached hydrogen (secondary N) is 1. The number of amides is 2. The number of hydrogen-bond acceptors (Lipinski definition) is 1. The van der Waals surface area contributed by atoms with Gasteiger partial charge in [-0.1, -0.05) is 6.92 Å². The van der Waals surface area contributed by atoms with Crippen molar-refractivity contribution >= 4 is 6.03 Å². The molecule has 3 nitrogen and oxygen atoms in total. The Morgan fingerprint density at radius 1 is 1.70 bits per heavy atom. The molecule has 1 rings (SSSR count). The van der Waals surface area contributed by atoms with Gasteiger partial charge in [-0.25, -0.2) is 4.79 Å². The van der Waals surface area contributed by atoms with Crippen molar-refractivity contribution in [2.24, 2.45) is 5.92 Å². The molecule has 1 heterocycles. The predicted octanol–water partition coefficient (Wildman–Crippen LogP) is 0.668. The first-order chi connectivity index (χ1) is 4.74. The summed E-state index contributed by atoms with van der Waals surface area (Å²) in [7, 11) is 0. The molecule has 1 N–H and O–H groups in total. The van der Waals surface area contributed by atoms with Gasteiger partial charge in [-0.2, -0.15) is 0 Å². The molecule has 0 aromatic carbocycles. The molecule has 1 aliphatic rings. The number of urea groups is 1. The van der Waals surface area contributed by atoms with Crippen LogP contribution in [0.1, 0.15) is 13.8 Å². The van der Waals surface area contributed by atoms with Crippen molar-refractivity contribution < 1.29 is 4.79 Å². The number of carbonyl (C=O) groups is 1. The molecular weight excluding hydrogens is 128 g/mol. The SMILES string of the molecule is CCNC(=O)N1CC(C)C1. The number of nitrogens with zero attached hydrogens (tertiary/aromatic N) is 1. The molecule has 0 unspecified atom stereocenters. The summed E-state index contributed by atoms with van der Waals surface area (Å²) in [5, 5.41) is 2.76. The molecule has 58 valence electrons. The Morgan fingerprint density at radius 3 is 2.70 bits per heavy atom. The van der Waals surface area contributed by atoms with Crippen LogP contribution in [0, 0.1) is 5.92 Å². The molecule has 0 aromatic rings. The van der Waals surface area contributed by atoms with Crippen molar-refractivity contribution in [1.82, 2.24) is 10.2 Å². The Labute approximate surface area is 61.4 Å². The van der Waals surface area contributed by atoms with Gasteiger partial charge in [0.05, 0.1) is 0 Å². The van der Waals surface area contributed by atoms with Crippen LogP contribution in [0.3, 0.4) is 0 Å². The van der Waals surface area contributed by atoms with E-state index in [9.17, 15) is 4.79 Å². The Morgan fingerprint density at radius 2 is 2.30 bits per heavy atom. The zero-order valence-electron chi connectivity index (χ0n) is 6.55. The van der Waals surface area contributed by atoms with Gasteiger partial charge in [0.25, 0.3) is 0 Å². The van der Waals surface area contributed by atoms with Crippen LogP contribution in [-0.4, -0.2) is 30.6 Å². The van der Waals surface area contributed by atoms with Crippen LogP contribution in [0.2, 0.25) is 0 Å². The lowest BCUT2D eigenvalue weighted by molar-refractivity contribution is 0.130. The van der Waals surface area contributed by atoms with Crippen LogP contribution < -0.4 is 5.32 Å². The van der Waals surface area contributed by atoms with Crippen LogP contribution in [0.15, 0.2) is 0 Å². The maximum absolute atomic E-state index is 11.0. The Hall–Kier alpha value is -0.730. The lowest BCUT2D eigenvalue weighted by atomic mass is 10.0. The van der Waals surface area contributed by atoms with Gasteiger partial charge < -0.3 is 10.2 Å². The number of rotatable bonds is 1. The highest BCUT2D eigenvalue weighted by atomic mass is 16.2. The van der Waals surface area contributed by atoms with E-state index in [1.54, 1.807) is 0 Å². The first-order valence-electron chi connectivity index (χ1n) is 3.76. The molecule has 0 aromatic heterocycles. The highest BCUT2D eigenvalue weighted by Crippen LogP contribution is 2.13. The highest BCUT2D eigenvalue weighted by molar-refractivity contribution is 5.74. The van der Waals surface area contributed by atoms with Crippen LogP contribution in [0.4, 0.5) is 4.79 Å². The van der Waals surface area contributed by atoms with Gasteiger partial charge >= 0.3 is 6.03 Å². The molecule has 0 radical (unpaired) electrons. The number of hydrogen-bond donors (Lipinski definition) is 1. The summed E-state index contributed by atoms with van der Waals surface area (Å²) in [5.41, 5.74) is 0. The van der Waals surface area contributed by atoms with Crippen molar-refractivity contribution in [3.63, 3.8) is 0 Å². The van der Waals surface area contributed by atoms with E-state index in [1.165, 1.54) is 0 Å². The van der Waals surface area contributed by atoms with E-state index in [0.717, 1.165) is 19.6 Å². The minimum atomic E-state index is 0.0839. The Balaban J connectivity index is 2.18. The maximum Gasteiger partial charge on any atom is 0.317 e. The lowest BCUT2D eigenvalue weighted by Gasteiger charge is -2.36. The minimum absolute atomic E-state index is 0.0839. The zero-order valence-corrected chi connectivity index (χ0v) is 6.55. The summed E-state index contributed by atoms with van der Waals surface area (Å²) >= 11 is 0. The van der Waals surface area contributed by atoms with Crippen LogP contribution in [0.5, 0.6) is 0 Å². The molecule has 1 saturated heterocycles. The number of likely N-dealkylation sites (tertiary alicyclic amines) is 1. The molecule has 2 amide bonds. The van der Waals surface area contributed by atoms with E-state index in [4.69, 9.17) is 0 Å². The first kappa shape index (κ1) is 7.38. The molecule has 10 heavy (non-hydrogen) atoms. The van der Waals surface area contributed by atoms with Crippen LogP contribution >= 0.6 is 0 Å². The smallest absolute Gasteiger partial charge is 0.317 e. The van der Waals surface area contributed by atoms with Gasteiger partial charge in [0.1, 0.15) is 0 Å². The van der Waals surface area contributed by atoms with Crippen molar-refractivity contribution in [3.05, 3.63) is 0 Å².